The van der Waals surface area contributed by atoms with E-state index in [9.17, 15) is 4.79 Å². The third kappa shape index (κ3) is 3.01. The smallest absolute Gasteiger partial charge is 0.275 e. The topological polar surface area (TPSA) is 94.5 Å². The maximum absolute atomic E-state index is 12.0. The van der Waals surface area contributed by atoms with Gasteiger partial charge in [-0.15, -0.1) is 0 Å². The van der Waals surface area contributed by atoms with Gasteiger partial charge < -0.3 is 5.32 Å². The predicted octanol–water partition coefficient (Wildman–Crippen LogP) is 2.19. The van der Waals surface area contributed by atoms with Crippen LogP contribution < -0.4 is 5.32 Å². The van der Waals surface area contributed by atoms with Crippen LogP contribution in [0.1, 0.15) is 40.8 Å². The van der Waals surface area contributed by atoms with Crippen LogP contribution in [0.25, 0.3) is 0 Å². The van der Waals surface area contributed by atoms with Gasteiger partial charge in [-0.1, -0.05) is 13.3 Å². The molecule has 0 saturated carbocycles. The van der Waals surface area contributed by atoms with E-state index in [1.165, 1.54) is 6.07 Å². The molecule has 0 aromatic carbocycles. The van der Waals surface area contributed by atoms with Crippen molar-refractivity contribution < 1.29 is 4.79 Å². The summed E-state index contributed by atoms with van der Waals surface area (Å²) in [7, 11) is 0. The van der Waals surface area contributed by atoms with Crippen molar-refractivity contribution in [1.82, 2.24) is 15.2 Å². The number of aromatic nitrogens is 3. The lowest BCUT2D eigenvalue weighted by Gasteiger charge is -2.03. The first-order chi connectivity index (χ1) is 9.63. The summed E-state index contributed by atoms with van der Waals surface area (Å²) < 4.78 is 0. The van der Waals surface area contributed by atoms with Crippen molar-refractivity contribution in [2.24, 2.45) is 0 Å². The fourth-order valence-corrected chi connectivity index (χ4v) is 1.81. The lowest BCUT2D eigenvalue weighted by atomic mass is 10.2. The average molecular weight is 269 g/mol. The van der Waals surface area contributed by atoms with E-state index in [-0.39, 0.29) is 11.6 Å². The van der Waals surface area contributed by atoms with Gasteiger partial charge in [0, 0.05) is 11.8 Å². The number of aromatic amines is 1. The molecule has 0 saturated heterocycles. The number of anilines is 1. The van der Waals surface area contributed by atoms with E-state index in [0.717, 1.165) is 18.5 Å². The van der Waals surface area contributed by atoms with Gasteiger partial charge in [-0.2, -0.15) is 10.4 Å². The lowest BCUT2D eigenvalue weighted by molar-refractivity contribution is 0.102. The molecule has 2 rings (SSSR count). The fraction of sp³-hybridized carbons (Fsp3) is 0.286. The highest BCUT2D eigenvalue weighted by molar-refractivity contribution is 6.02. The van der Waals surface area contributed by atoms with Crippen LogP contribution in [0.5, 0.6) is 0 Å². The van der Waals surface area contributed by atoms with E-state index in [1.54, 1.807) is 19.1 Å². The molecule has 2 aromatic rings. The Balaban J connectivity index is 2.11. The number of carbonyl (C=O) groups is 1. The molecule has 6 nitrogen and oxygen atoms in total. The van der Waals surface area contributed by atoms with Crippen molar-refractivity contribution in [2.45, 2.75) is 26.7 Å². The summed E-state index contributed by atoms with van der Waals surface area (Å²) in [5, 5.41) is 18.4. The van der Waals surface area contributed by atoms with Gasteiger partial charge >= 0.3 is 0 Å². The Morgan fingerprint density at radius 3 is 2.95 bits per heavy atom. The van der Waals surface area contributed by atoms with Crippen LogP contribution in [0, 0.1) is 18.3 Å². The largest absolute Gasteiger partial charge is 0.304 e. The minimum Gasteiger partial charge on any atom is -0.304 e. The molecule has 0 aliphatic rings. The summed E-state index contributed by atoms with van der Waals surface area (Å²) in [4.78, 5) is 16.1. The molecule has 0 unspecified atom stereocenters. The van der Waals surface area contributed by atoms with Crippen LogP contribution in [0.4, 0.5) is 5.82 Å². The average Bonchev–Trinajstić information content (AvgIpc) is 2.86. The first-order valence-electron chi connectivity index (χ1n) is 6.37. The molecule has 2 heterocycles. The molecule has 0 fully saturated rings. The van der Waals surface area contributed by atoms with Crippen LogP contribution in [0.3, 0.4) is 0 Å². The Kier molecular flexibility index (Phi) is 4.11. The molecular weight excluding hydrogens is 254 g/mol. The highest BCUT2D eigenvalue weighted by atomic mass is 16.1. The molecule has 2 N–H and O–H groups in total. The Labute approximate surface area is 116 Å². The van der Waals surface area contributed by atoms with Crippen molar-refractivity contribution in [3.05, 3.63) is 40.8 Å². The molecule has 0 radical (unpaired) electrons. The van der Waals surface area contributed by atoms with Gasteiger partial charge in [0.1, 0.15) is 11.8 Å². The maximum atomic E-state index is 12.0. The van der Waals surface area contributed by atoms with Crippen molar-refractivity contribution in [3.8, 4) is 6.07 Å². The van der Waals surface area contributed by atoms with Gasteiger partial charge in [-0.05, 0) is 25.5 Å². The number of carbonyl (C=O) groups excluding carboxylic acids is 1. The molecule has 2 aromatic heterocycles. The maximum Gasteiger partial charge on any atom is 0.275 e. The minimum atomic E-state index is -0.341. The number of nitriles is 1. The minimum absolute atomic E-state index is 0.265. The summed E-state index contributed by atoms with van der Waals surface area (Å²) >= 11 is 0. The van der Waals surface area contributed by atoms with Crippen molar-refractivity contribution >= 4 is 11.7 Å². The van der Waals surface area contributed by atoms with E-state index in [0.29, 0.717) is 17.1 Å². The molecule has 0 aliphatic carbocycles. The van der Waals surface area contributed by atoms with Gasteiger partial charge in [-0.3, -0.25) is 9.89 Å². The molecule has 0 aliphatic heterocycles. The molecule has 102 valence electrons. The SMILES string of the molecule is CCCc1cc(NC(=O)c2ccc(C#N)c(C)n2)n[nH]1. The van der Waals surface area contributed by atoms with Crippen molar-refractivity contribution in [1.29, 1.82) is 5.26 Å². The highest BCUT2D eigenvalue weighted by Crippen LogP contribution is 2.10. The van der Waals surface area contributed by atoms with Crippen LogP contribution >= 0.6 is 0 Å². The number of H-pyrrole nitrogens is 1. The van der Waals surface area contributed by atoms with Gasteiger partial charge in [-0.25, -0.2) is 4.98 Å². The van der Waals surface area contributed by atoms with Gasteiger partial charge in [0.05, 0.1) is 11.3 Å². The van der Waals surface area contributed by atoms with E-state index in [2.05, 4.69) is 27.4 Å². The van der Waals surface area contributed by atoms with Gasteiger partial charge in [0.25, 0.3) is 5.91 Å². The zero-order valence-corrected chi connectivity index (χ0v) is 11.4. The first kappa shape index (κ1) is 13.7. The third-order valence-electron chi connectivity index (χ3n) is 2.83. The normalized spacial score (nSPS) is 10.1. The zero-order valence-electron chi connectivity index (χ0n) is 11.4. The Bertz CT molecular complexity index is 668. The number of rotatable bonds is 4. The monoisotopic (exact) mass is 269 g/mol. The fourth-order valence-electron chi connectivity index (χ4n) is 1.81. The quantitative estimate of drug-likeness (QED) is 0.889. The summed E-state index contributed by atoms with van der Waals surface area (Å²) in [6.07, 6.45) is 1.89. The molecule has 20 heavy (non-hydrogen) atoms. The molecule has 0 spiro atoms. The van der Waals surface area contributed by atoms with E-state index in [1.807, 2.05) is 6.07 Å². The molecular formula is C14H15N5O. The number of pyridine rings is 1. The second-order valence-electron chi connectivity index (χ2n) is 4.42. The van der Waals surface area contributed by atoms with E-state index in [4.69, 9.17) is 5.26 Å². The van der Waals surface area contributed by atoms with Crippen molar-refractivity contribution in [2.75, 3.05) is 5.32 Å². The number of amides is 1. The summed E-state index contributed by atoms with van der Waals surface area (Å²) in [6.45, 7) is 3.77. The predicted molar refractivity (Wildman–Crippen MR) is 74.2 cm³/mol. The van der Waals surface area contributed by atoms with Gasteiger partial charge in [0.2, 0.25) is 0 Å². The molecule has 1 amide bonds. The lowest BCUT2D eigenvalue weighted by Crippen LogP contribution is -2.14. The summed E-state index contributed by atoms with van der Waals surface area (Å²) in [5.74, 6) is 0.134. The summed E-state index contributed by atoms with van der Waals surface area (Å²) in [5.41, 5.74) is 2.24. The number of nitrogens with one attached hydrogen (secondary N) is 2. The number of hydrogen-bond donors (Lipinski definition) is 2. The van der Waals surface area contributed by atoms with Crippen LogP contribution in [-0.4, -0.2) is 21.1 Å². The van der Waals surface area contributed by atoms with Crippen LogP contribution in [0.15, 0.2) is 18.2 Å². The number of aryl methyl sites for hydroxylation is 2. The molecule has 0 bridgehead atoms. The third-order valence-corrected chi connectivity index (χ3v) is 2.83. The summed E-state index contributed by atoms with van der Waals surface area (Å²) in [6, 6.07) is 6.94. The Hall–Kier alpha value is -2.68. The van der Waals surface area contributed by atoms with Crippen LogP contribution in [0.2, 0.25) is 0 Å². The van der Waals surface area contributed by atoms with E-state index >= 15 is 0 Å². The molecule has 6 heteroatoms. The standard InChI is InChI=1S/C14H15N5O/c1-3-4-11-7-13(19-18-11)17-14(20)12-6-5-10(8-15)9(2)16-12/h5-7H,3-4H2,1-2H3,(H2,17,18,19,20). The van der Waals surface area contributed by atoms with E-state index < -0.39 is 0 Å². The molecule has 0 atom stereocenters. The second kappa shape index (κ2) is 5.97. The zero-order chi connectivity index (χ0) is 14.5. The Morgan fingerprint density at radius 1 is 1.50 bits per heavy atom. The second-order valence-corrected chi connectivity index (χ2v) is 4.42. The Morgan fingerprint density at radius 2 is 2.30 bits per heavy atom. The van der Waals surface area contributed by atoms with Gasteiger partial charge in [0.15, 0.2) is 5.82 Å². The van der Waals surface area contributed by atoms with Crippen molar-refractivity contribution in [3.63, 3.8) is 0 Å². The number of hydrogen-bond acceptors (Lipinski definition) is 4. The first-order valence-corrected chi connectivity index (χ1v) is 6.37. The number of nitrogens with zero attached hydrogens (tertiary/aromatic N) is 3. The van der Waals surface area contributed by atoms with Crippen LogP contribution in [-0.2, 0) is 6.42 Å². The highest BCUT2D eigenvalue weighted by Gasteiger charge is 2.11.